The van der Waals surface area contributed by atoms with Crippen molar-refractivity contribution in [2.75, 3.05) is 26.4 Å². The van der Waals surface area contributed by atoms with Gasteiger partial charge in [-0.3, -0.25) is 4.55 Å². The van der Waals surface area contributed by atoms with Crippen molar-refractivity contribution in [3.63, 3.8) is 0 Å². The van der Waals surface area contributed by atoms with Gasteiger partial charge in [-0.25, -0.2) is 4.18 Å². The van der Waals surface area contributed by atoms with E-state index in [9.17, 15) is 39.1 Å². The molecule has 4 saturated heterocycles. The van der Waals surface area contributed by atoms with Crippen LogP contribution in [-0.4, -0.2) is 143 Å². The lowest BCUT2D eigenvalue weighted by atomic mass is 9.35. The van der Waals surface area contributed by atoms with Crippen molar-refractivity contribution in [2.24, 2.45) is 51.2 Å². The van der Waals surface area contributed by atoms with E-state index < -0.39 is 83.7 Å². The summed E-state index contributed by atoms with van der Waals surface area (Å²) in [5, 5.41) is 66.2. The molecule has 4 aliphatic heterocycles. The first-order chi connectivity index (χ1) is 26.9. The Bertz CT molecular complexity index is 1700. The van der Waals surface area contributed by atoms with Crippen LogP contribution in [0.25, 0.3) is 0 Å². The fourth-order valence-electron chi connectivity index (χ4n) is 14.4. The van der Waals surface area contributed by atoms with Crippen LogP contribution in [0.5, 0.6) is 0 Å². The third-order valence-corrected chi connectivity index (χ3v) is 17.5. The Balaban J connectivity index is 0.973. The first-order valence-corrected chi connectivity index (χ1v) is 22.5. The molecule has 4 heterocycles. The molecule has 0 aromatic carbocycles. The third-order valence-electron chi connectivity index (χ3n) is 17.1. The smallest absolute Gasteiger partial charge is 0.389 e. The van der Waals surface area contributed by atoms with Gasteiger partial charge in [0.25, 0.3) is 0 Å². The normalized spacial score (nSPS) is 54.8. The second-order valence-electron chi connectivity index (χ2n) is 20.6. The molecule has 2 bridgehead atoms. The summed E-state index contributed by atoms with van der Waals surface area (Å²) >= 11 is 0. The Morgan fingerprint density at radius 2 is 1.55 bits per heavy atom. The van der Waals surface area contributed by atoms with Gasteiger partial charge in [-0.05, 0) is 93.3 Å². The molecule has 8 aliphatic rings. The molecule has 8 rings (SSSR count). The molecule has 0 unspecified atom stereocenters. The topological polar surface area (TPSA) is 240 Å². The molecule has 0 aromatic heterocycles. The van der Waals surface area contributed by atoms with Crippen LogP contribution in [0.15, 0.2) is 11.6 Å². The Kier molecular flexibility index (Phi) is 11.0. The molecule has 7 N–H and O–H groups in total. The highest BCUT2D eigenvalue weighted by atomic mass is 32.3. The van der Waals surface area contributed by atoms with Gasteiger partial charge in [-0.15, -0.1) is 0 Å². The Labute approximate surface area is 341 Å². The van der Waals surface area contributed by atoms with E-state index >= 15 is 0 Å². The van der Waals surface area contributed by atoms with E-state index in [-0.39, 0.29) is 52.1 Å². The summed E-state index contributed by atoms with van der Waals surface area (Å²) in [6.45, 7) is 15.4. The lowest BCUT2D eigenvalue weighted by Gasteiger charge is -2.70. The maximum Gasteiger partial charge on any atom is 0.397 e. The Hall–Kier alpha value is -0.870. The van der Waals surface area contributed by atoms with E-state index in [4.69, 9.17) is 33.0 Å². The van der Waals surface area contributed by atoms with Crippen LogP contribution in [-0.2, 0) is 43.0 Å². The number of hydrogen-bond acceptors (Lipinski definition) is 15. The Morgan fingerprint density at radius 3 is 2.24 bits per heavy atom. The van der Waals surface area contributed by atoms with E-state index in [0.717, 1.165) is 38.5 Å². The van der Waals surface area contributed by atoms with Crippen molar-refractivity contribution in [3.8, 4) is 0 Å². The van der Waals surface area contributed by atoms with Crippen molar-refractivity contribution in [3.05, 3.63) is 11.6 Å². The van der Waals surface area contributed by atoms with Crippen LogP contribution in [0, 0.1) is 51.2 Å². The van der Waals surface area contributed by atoms with Crippen LogP contribution < -0.4 is 0 Å². The number of ether oxygens (including phenoxy) is 6. The van der Waals surface area contributed by atoms with Crippen molar-refractivity contribution in [1.82, 2.24) is 0 Å². The van der Waals surface area contributed by atoms with Crippen molar-refractivity contribution in [2.45, 2.75) is 166 Å². The lowest BCUT2D eigenvalue weighted by Crippen LogP contribution is -2.68. The molecule has 16 nitrogen and oxygen atoms in total. The average molecular weight is 847 g/mol. The molecule has 58 heavy (non-hydrogen) atoms. The van der Waals surface area contributed by atoms with E-state index in [2.05, 4.69) is 51.8 Å². The lowest BCUT2D eigenvalue weighted by molar-refractivity contribution is -0.357. The van der Waals surface area contributed by atoms with E-state index in [1.54, 1.807) is 0 Å². The minimum absolute atomic E-state index is 0.0308. The quantitative estimate of drug-likeness (QED) is 0.105. The molecule has 20 atom stereocenters. The number of fused-ring (bicyclic) bond motifs is 4. The molecule has 332 valence electrons. The van der Waals surface area contributed by atoms with Gasteiger partial charge >= 0.3 is 10.4 Å². The number of allylic oxidation sites excluding steroid dienone is 1. The van der Waals surface area contributed by atoms with Crippen molar-refractivity contribution in [1.29, 1.82) is 0 Å². The van der Waals surface area contributed by atoms with Gasteiger partial charge < -0.3 is 59.1 Å². The van der Waals surface area contributed by atoms with Crippen LogP contribution in [0.1, 0.15) is 93.4 Å². The Morgan fingerprint density at radius 1 is 0.828 bits per heavy atom. The van der Waals surface area contributed by atoms with Gasteiger partial charge in [0.15, 0.2) is 18.4 Å². The zero-order valence-electron chi connectivity index (χ0n) is 34.7. The first kappa shape index (κ1) is 43.8. The molecule has 0 radical (unpaired) electrons. The van der Waals surface area contributed by atoms with Gasteiger partial charge in [-0.2, -0.15) is 8.42 Å². The van der Waals surface area contributed by atoms with Gasteiger partial charge in [0.2, 0.25) is 0 Å². The molecular formula is C41H66O16S. The second kappa shape index (κ2) is 14.6. The van der Waals surface area contributed by atoms with Crippen molar-refractivity contribution < 1.29 is 76.2 Å². The van der Waals surface area contributed by atoms with Crippen molar-refractivity contribution >= 4 is 10.4 Å². The molecule has 0 amide bonds. The summed E-state index contributed by atoms with van der Waals surface area (Å²) in [4.78, 5) is 0. The second-order valence-corrected chi connectivity index (χ2v) is 21.7. The molecule has 8 fully saturated rings. The van der Waals surface area contributed by atoms with Crippen LogP contribution in [0.2, 0.25) is 0 Å². The predicted octanol–water partition coefficient (Wildman–Crippen LogP) is 1.83. The van der Waals surface area contributed by atoms with E-state index in [1.807, 2.05) is 6.92 Å². The van der Waals surface area contributed by atoms with Crippen LogP contribution in [0.4, 0.5) is 0 Å². The first-order valence-electron chi connectivity index (χ1n) is 21.2. The van der Waals surface area contributed by atoms with Crippen LogP contribution in [0.3, 0.4) is 0 Å². The van der Waals surface area contributed by atoms with Crippen LogP contribution >= 0.6 is 0 Å². The summed E-state index contributed by atoms with van der Waals surface area (Å²) in [6.07, 6.45) is -6.20. The standard InChI is InChI=1S/C41H66O16S/c1-20(2)14-21-15-52-41-18-40(19-53-41)22(33(41)39(21,7)47)8-9-26-37(5)12-11-27(36(3,4)25(37)10-13-38(26,40)6)56-34-31(46)32(23(42)16-51-34)57-35-30(45)29(44)28(43)24(55-35)17-54-58(48,49)50/h14,21-35,42-47H,8-13,15-19H2,1-7H3,(H,48,49,50)/t21-,22+,23+,24-,25+,26-,27+,28-,29+,30-,31-,32+,33+,34+,35+,37+,38-,39+,40+,41-/m1/s1. The highest BCUT2D eigenvalue weighted by Gasteiger charge is 2.81. The number of rotatable bonds is 8. The molecule has 17 heteroatoms. The minimum Gasteiger partial charge on any atom is -0.389 e. The van der Waals surface area contributed by atoms with Gasteiger partial charge in [0, 0.05) is 23.7 Å². The predicted molar refractivity (Wildman–Crippen MR) is 203 cm³/mol. The number of hydrogen-bond donors (Lipinski definition) is 7. The SMILES string of the molecule is CC(C)=C[C@@H]1CO[C@]23C[C@]4(CO2)[C@@H](CC[C@@H]2[C@@]5(C)CC[C@H](O[C@@H]6OC[C@H](O)[C@H](O[C@@H]7O[C@H](COS(=O)(=O)O)[C@@H](O)[C@H](O)[C@H]7O)[C@H]6O)C(C)(C)[C@@H]5CC[C@]24C)[C@H]3[C@@]1(C)O. The van der Waals surface area contributed by atoms with Gasteiger partial charge in [-0.1, -0.05) is 39.3 Å². The monoisotopic (exact) mass is 846 g/mol. The molecule has 0 aromatic rings. The third kappa shape index (κ3) is 6.54. The fourth-order valence-corrected chi connectivity index (χ4v) is 14.7. The fraction of sp³-hybridized carbons (Fsp3) is 0.951. The molecule has 2 spiro atoms. The van der Waals surface area contributed by atoms with E-state index in [0.29, 0.717) is 31.5 Å². The van der Waals surface area contributed by atoms with Gasteiger partial charge in [0.05, 0.1) is 38.1 Å². The number of aliphatic hydroxyl groups excluding tert-OH is 5. The summed E-state index contributed by atoms with van der Waals surface area (Å²) in [7, 11) is -4.92. The zero-order valence-corrected chi connectivity index (χ0v) is 35.5. The molecule has 4 aliphatic carbocycles. The zero-order chi connectivity index (χ0) is 42.2. The maximum atomic E-state index is 12.3. The number of aliphatic hydroxyl groups is 6. The summed E-state index contributed by atoms with van der Waals surface area (Å²) in [5.41, 5.74) is -0.319. The largest absolute Gasteiger partial charge is 0.397 e. The van der Waals surface area contributed by atoms with Gasteiger partial charge in [0.1, 0.15) is 42.7 Å². The molecule has 4 saturated carbocycles. The van der Waals surface area contributed by atoms with E-state index in [1.165, 1.54) is 5.57 Å². The molecular weight excluding hydrogens is 781 g/mol. The summed E-state index contributed by atoms with van der Waals surface area (Å²) in [6, 6.07) is 0. The minimum atomic E-state index is -4.92. The average Bonchev–Trinajstić information content (AvgIpc) is 3.66. The summed E-state index contributed by atoms with van der Waals surface area (Å²) in [5.74, 6) is -0.00618. The highest BCUT2D eigenvalue weighted by Crippen LogP contribution is 2.80. The summed E-state index contributed by atoms with van der Waals surface area (Å²) < 4.78 is 72.9. The maximum absolute atomic E-state index is 12.3. The highest BCUT2D eigenvalue weighted by molar-refractivity contribution is 7.80.